The van der Waals surface area contributed by atoms with Crippen molar-refractivity contribution in [1.29, 1.82) is 0 Å². The molecule has 0 amide bonds. The molecule has 5 heteroatoms. The van der Waals surface area contributed by atoms with Crippen molar-refractivity contribution >= 4 is 21.7 Å². The number of halogens is 1. The molecule has 1 fully saturated rings. The summed E-state index contributed by atoms with van der Waals surface area (Å²) in [6.45, 7) is 5.93. The van der Waals surface area contributed by atoms with Gasteiger partial charge >= 0.3 is 0 Å². The quantitative estimate of drug-likeness (QED) is 0.901. The lowest BCUT2D eigenvalue weighted by molar-refractivity contribution is 0.0891. The lowest BCUT2D eigenvalue weighted by Crippen LogP contribution is -2.40. The fraction of sp³-hybridized carbons (Fsp3) is 0.643. The third-order valence-corrected chi connectivity index (χ3v) is 3.92. The van der Waals surface area contributed by atoms with Crippen LogP contribution in [0.2, 0.25) is 0 Å². The molecule has 0 bridgehead atoms. The number of methoxy groups -OCH3 is 1. The Morgan fingerprint density at radius 2 is 2.42 bits per heavy atom. The van der Waals surface area contributed by atoms with Gasteiger partial charge in [0.1, 0.15) is 5.82 Å². The van der Waals surface area contributed by atoms with E-state index in [1.165, 1.54) is 5.56 Å². The Hall–Kier alpha value is -0.650. The van der Waals surface area contributed by atoms with Crippen LogP contribution in [0, 0.1) is 0 Å². The normalized spacial score (nSPS) is 19.7. The molecule has 2 heterocycles. The second-order valence-corrected chi connectivity index (χ2v) is 5.78. The smallest absolute Gasteiger partial charge is 0.133 e. The molecule has 19 heavy (non-hydrogen) atoms. The van der Waals surface area contributed by atoms with E-state index in [1.807, 2.05) is 6.20 Å². The number of rotatable bonds is 5. The van der Waals surface area contributed by atoms with Gasteiger partial charge in [0.05, 0.1) is 6.10 Å². The first-order valence-electron chi connectivity index (χ1n) is 6.87. The lowest BCUT2D eigenvalue weighted by Gasteiger charge is -2.34. The largest absolute Gasteiger partial charge is 0.380 e. The maximum atomic E-state index is 5.49. The van der Waals surface area contributed by atoms with E-state index in [9.17, 15) is 0 Å². The van der Waals surface area contributed by atoms with Crippen LogP contribution in [0.3, 0.4) is 0 Å². The minimum Gasteiger partial charge on any atom is -0.380 e. The van der Waals surface area contributed by atoms with Crippen LogP contribution in [0.5, 0.6) is 0 Å². The summed E-state index contributed by atoms with van der Waals surface area (Å²) in [6.07, 6.45) is 4.51. The Morgan fingerprint density at radius 1 is 1.58 bits per heavy atom. The first kappa shape index (κ1) is 14.8. The zero-order valence-corrected chi connectivity index (χ0v) is 13.2. The molecular weight excluding hydrogens is 306 g/mol. The number of nitrogens with zero attached hydrogens (tertiary/aromatic N) is 2. The summed E-state index contributed by atoms with van der Waals surface area (Å²) in [5.41, 5.74) is 1.24. The molecule has 0 spiro atoms. The number of piperidine rings is 1. The Bertz CT molecular complexity index is 414. The second kappa shape index (κ2) is 7.22. The first-order chi connectivity index (χ1) is 9.24. The summed E-state index contributed by atoms with van der Waals surface area (Å²) >= 11 is 3.50. The van der Waals surface area contributed by atoms with Crippen LogP contribution < -0.4 is 10.2 Å². The third kappa shape index (κ3) is 3.91. The zero-order valence-electron chi connectivity index (χ0n) is 11.7. The highest BCUT2D eigenvalue weighted by molar-refractivity contribution is 9.10. The minimum atomic E-state index is 0.325. The van der Waals surface area contributed by atoms with E-state index in [0.717, 1.165) is 49.3 Å². The fourth-order valence-electron chi connectivity index (χ4n) is 2.47. The third-order valence-electron chi connectivity index (χ3n) is 3.49. The first-order valence-corrected chi connectivity index (χ1v) is 7.66. The van der Waals surface area contributed by atoms with Gasteiger partial charge < -0.3 is 15.0 Å². The molecule has 1 aromatic heterocycles. The number of pyridine rings is 1. The van der Waals surface area contributed by atoms with Crippen LogP contribution in [-0.2, 0) is 11.3 Å². The highest BCUT2D eigenvalue weighted by Crippen LogP contribution is 2.25. The SMILES string of the molecule is CCNCc1cc(Br)cnc1N1CCCC(OC)C1. The molecular formula is C14H22BrN3O. The van der Waals surface area contributed by atoms with Crippen molar-refractivity contribution in [2.75, 3.05) is 31.6 Å². The summed E-state index contributed by atoms with van der Waals surface area (Å²) in [5, 5.41) is 3.38. The summed E-state index contributed by atoms with van der Waals surface area (Å²) in [7, 11) is 1.79. The number of aromatic nitrogens is 1. The van der Waals surface area contributed by atoms with E-state index >= 15 is 0 Å². The zero-order chi connectivity index (χ0) is 13.7. The van der Waals surface area contributed by atoms with Crippen molar-refractivity contribution in [2.24, 2.45) is 0 Å². The number of anilines is 1. The van der Waals surface area contributed by atoms with Gasteiger partial charge in [-0.3, -0.25) is 0 Å². The van der Waals surface area contributed by atoms with Crippen LogP contribution in [0.1, 0.15) is 25.3 Å². The molecule has 1 aromatic rings. The van der Waals surface area contributed by atoms with E-state index < -0.39 is 0 Å². The summed E-state index contributed by atoms with van der Waals surface area (Å²) < 4.78 is 6.53. The molecule has 4 nitrogen and oxygen atoms in total. The van der Waals surface area contributed by atoms with Gasteiger partial charge in [-0.25, -0.2) is 4.98 Å². The Labute approximate surface area is 123 Å². The minimum absolute atomic E-state index is 0.325. The van der Waals surface area contributed by atoms with Gasteiger partial charge in [0.25, 0.3) is 0 Å². The lowest BCUT2D eigenvalue weighted by atomic mass is 10.1. The highest BCUT2D eigenvalue weighted by atomic mass is 79.9. The Kier molecular flexibility index (Phi) is 5.60. The van der Waals surface area contributed by atoms with Gasteiger partial charge in [-0.15, -0.1) is 0 Å². The molecule has 0 radical (unpaired) electrons. The molecule has 1 unspecified atom stereocenters. The van der Waals surface area contributed by atoms with Crippen molar-refractivity contribution in [3.8, 4) is 0 Å². The van der Waals surface area contributed by atoms with Crippen LogP contribution in [0.4, 0.5) is 5.82 Å². The molecule has 1 atom stereocenters. The van der Waals surface area contributed by atoms with Crippen LogP contribution in [0.15, 0.2) is 16.7 Å². The van der Waals surface area contributed by atoms with Gasteiger partial charge in [-0.05, 0) is 41.4 Å². The predicted molar refractivity (Wildman–Crippen MR) is 81.6 cm³/mol. The average molecular weight is 328 g/mol. The van der Waals surface area contributed by atoms with Gasteiger partial charge in [-0.1, -0.05) is 6.92 Å². The average Bonchev–Trinajstić information content (AvgIpc) is 2.45. The molecule has 0 aromatic carbocycles. The van der Waals surface area contributed by atoms with Crippen molar-refractivity contribution in [1.82, 2.24) is 10.3 Å². The molecule has 1 aliphatic rings. The monoisotopic (exact) mass is 327 g/mol. The summed E-state index contributed by atoms with van der Waals surface area (Å²) in [4.78, 5) is 6.95. The van der Waals surface area contributed by atoms with Gasteiger partial charge in [0, 0.05) is 43.0 Å². The highest BCUT2D eigenvalue weighted by Gasteiger charge is 2.22. The van der Waals surface area contributed by atoms with E-state index in [4.69, 9.17) is 4.74 Å². The predicted octanol–water partition coefficient (Wildman–Crippen LogP) is 2.57. The van der Waals surface area contributed by atoms with Crippen LogP contribution in [0.25, 0.3) is 0 Å². The molecule has 0 aliphatic carbocycles. The van der Waals surface area contributed by atoms with Crippen molar-refractivity contribution in [3.63, 3.8) is 0 Å². The molecule has 106 valence electrons. The van der Waals surface area contributed by atoms with Gasteiger partial charge in [-0.2, -0.15) is 0 Å². The maximum absolute atomic E-state index is 5.49. The van der Waals surface area contributed by atoms with E-state index in [-0.39, 0.29) is 0 Å². The Morgan fingerprint density at radius 3 is 3.16 bits per heavy atom. The van der Waals surface area contributed by atoms with Crippen molar-refractivity contribution in [3.05, 3.63) is 22.3 Å². The molecule has 0 saturated carbocycles. The van der Waals surface area contributed by atoms with Crippen LogP contribution in [-0.4, -0.2) is 37.8 Å². The Balaban J connectivity index is 2.17. The van der Waals surface area contributed by atoms with E-state index in [1.54, 1.807) is 7.11 Å². The molecule has 1 N–H and O–H groups in total. The summed E-state index contributed by atoms with van der Waals surface area (Å²) in [5.74, 6) is 1.09. The molecule has 2 rings (SSSR count). The van der Waals surface area contributed by atoms with Crippen molar-refractivity contribution in [2.45, 2.75) is 32.4 Å². The summed E-state index contributed by atoms with van der Waals surface area (Å²) in [6, 6.07) is 2.15. The standard InChI is InChI=1S/C14H22BrN3O/c1-3-16-8-11-7-12(15)9-17-14(11)18-6-4-5-13(10-18)19-2/h7,9,13,16H,3-6,8,10H2,1-2H3. The van der Waals surface area contributed by atoms with Gasteiger partial charge in [0.2, 0.25) is 0 Å². The van der Waals surface area contributed by atoms with Crippen molar-refractivity contribution < 1.29 is 4.74 Å². The number of hydrogen-bond donors (Lipinski definition) is 1. The number of ether oxygens (including phenoxy) is 1. The fourth-order valence-corrected chi connectivity index (χ4v) is 2.85. The number of hydrogen-bond acceptors (Lipinski definition) is 4. The maximum Gasteiger partial charge on any atom is 0.133 e. The second-order valence-electron chi connectivity index (χ2n) is 4.86. The van der Waals surface area contributed by atoms with Gasteiger partial charge in [0.15, 0.2) is 0 Å². The van der Waals surface area contributed by atoms with E-state index in [0.29, 0.717) is 6.10 Å². The number of nitrogens with one attached hydrogen (secondary N) is 1. The topological polar surface area (TPSA) is 37.4 Å². The van der Waals surface area contributed by atoms with Crippen LogP contribution >= 0.6 is 15.9 Å². The molecule has 1 saturated heterocycles. The molecule has 1 aliphatic heterocycles. The van der Waals surface area contributed by atoms with E-state index in [2.05, 4.69) is 44.1 Å².